The van der Waals surface area contributed by atoms with Crippen molar-refractivity contribution in [3.63, 3.8) is 0 Å². The van der Waals surface area contributed by atoms with Gasteiger partial charge in [-0.15, -0.1) is 10.2 Å². The standard InChI is InChI=1S/C16H11ClFN3O3S2/c17-13-4-2-1-3-12(13)14(22)19-15-20-21-16(25-15)26(23,24)9-10-5-7-11(18)8-6-10/h1-8H,9H2,(H,19,20,22). The normalized spacial score (nSPS) is 11.3. The lowest BCUT2D eigenvalue weighted by Gasteiger charge is -2.02. The van der Waals surface area contributed by atoms with Gasteiger partial charge in [-0.2, -0.15) is 0 Å². The molecule has 2 aromatic carbocycles. The van der Waals surface area contributed by atoms with Crippen LogP contribution in [0, 0.1) is 5.82 Å². The Kier molecular flexibility index (Phi) is 5.30. The van der Waals surface area contributed by atoms with E-state index in [4.69, 9.17) is 11.6 Å². The van der Waals surface area contributed by atoms with Crippen LogP contribution in [0.5, 0.6) is 0 Å². The molecule has 0 aliphatic carbocycles. The van der Waals surface area contributed by atoms with E-state index in [1.165, 1.54) is 30.3 Å². The van der Waals surface area contributed by atoms with Gasteiger partial charge in [-0.1, -0.05) is 47.2 Å². The quantitative estimate of drug-likeness (QED) is 0.648. The van der Waals surface area contributed by atoms with Gasteiger partial charge in [0.25, 0.3) is 5.91 Å². The molecular weight excluding hydrogens is 401 g/mol. The maximum Gasteiger partial charge on any atom is 0.259 e. The minimum Gasteiger partial charge on any atom is -0.296 e. The van der Waals surface area contributed by atoms with Crippen molar-refractivity contribution in [2.45, 2.75) is 10.1 Å². The summed E-state index contributed by atoms with van der Waals surface area (Å²) in [4.78, 5) is 12.2. The summed E-state index contributed by atoms with van der Waals surface area (Å²) < 4.78 is 37.5. The van der Waals surface area contributed by atoms with E-state index in [9.17, 15) is 17.6 Å². The zero-order chi connectivity index (χ0) is 18.7. The van der Waals surface area contributed by atoms with Crippen LogP contribution in [0.4, 0.5) is 9.52 Å². The first-order valence-electron chi connectivity index (χ1n) is 7.22. The minimum absolute atomic E-state index is 0.0348. The molecule has 0 saturated carbocycles. The van der Waals surface area contributed by atoms with Crippen molar-refractivity contribution in [2.24, 2.45) is 0 Å². The fourth-order valence-electron chi connectivity index (χ4n) is 2.06. The monoisotopic (exact) mass is 411 g/mol. The van der Waals surface area contributed by atoms with Gasteiger partial charge < -0.3 is 0 Å². The molecule has 6 nitrogen and oxygen atoms in total. The first-order chi connectivity index (χ1) is 12.3. The average molecular weight is 412 g/mol. The van der Waals surface area contributed by atoms with Gasteiger partial charge >= 0.3 is 0 Å². The Bertz CT molecular complexity index is 1050. The van der Waals surface area contributed by atoms with E-state index in [2.05, 4.69) is 15.5 Å². The third kappa shape index (κ3) is 4.24. The Morgan fingerprint density at radius 3 is 2.50 bits per heavy atom. The van der Waals surface area contributed by atoms with Gasteiger partial charge in [-0.25, -0.2) is 12.8 Å². The highest BCUT2D eigenvalue weighted by molar-refractivity contribution is 7.92. The van der Waals surface area contributed by atoms with Crippen LogP contribution in [0.2, 0.25) is 5.02 Å². The second kappa shape index (κ2) is 7.48. The Morgan fingerprint density at radius 1 is 1.12 bits per heavy atom. The number of halogens is 2. The zero-order valence-corrected chi connectivity index (χ0v) is 15.4. The number of nitrogens with one attached hydrogen (secondary N) is 1. The van der Waals surface area contributed by atoms with E-state index in [-0.39, 0.29) is 25.8 Å². The smallest absolute Gasteiger partial charge is 0.259 e. The molecular formula is C16H11ClFN3O3S2. The van der Waals surface area contributed by atoms with E-state index in [1.807, 2.05) is 0 Å². The molecule has 0 bridgehead atoms. The van der Waals surface area contributed by atoms with Gasteiger partial charge in [0.1, 0.15) is 5.82 Å². The molecule has 0 aliphatic rings. The van der Waals surface area contributed by atoms with Crippen LogP contribution in [0.25, 0.3) is 0 Å². The largest absolute Gasteiger partial charge is 0.296 e. The molecule has 3 rings (SSSR count). The molecule has 1 heterocycles. The lowest BCUT2D eigenvalue weighted by Crippen LogP contribution is -2.12. The van der Waals surface area contributed by atoms with Crippen molar-refractivity contribution < 1.29 is 17.6 Å². The fraction of sp³-hybridized carbons (Fsp3) is 0.0625. The van der Waals surface area contributed by atoms with Gasteiger partial charge in [0.05, 0.1) is 16.3 Å². The predicted octanol–water partition coefficient (Wildman–Crippen LogP) is 3.56. The summed E-state index contributed by atoms with van der Waals surface area (Å²) in [5.41, 5.74) is 0.656. The summed E-state index contributed by atoms with van der Waals surface area (Å²) >= 11 is 6.68. The summed E-state index contributed by atoms with van der Waals surface area (Å²) in [6.45, 7) is 0. The van der Waals surface area contributed by atoms with Crippen LogP contribution < -0.4 is 5.32 Å². The van der Waals surface area contributed by atoms with Gasteiger partial charge in [-0.05, 0) is 29.8 Å². The number of carbonyl (C=O) groups excluding carboxylic acids is 1. The van der Waals surface area contributed by atoms with E-state index in [0.717, 1.165) is 11.3 Å². The van der Waals surface area contributed by atoms with Crippen molar-refractivity contribution in [3.05, 3.63) is 70.5 Å². The topological polar surface area (TPSA) is 89.0 Å². The SMILES string of the molecule is O=C(Nc1nnc(S(=O)(=O)Cc2ccc(F)cc2)s1)c1ccccc1Cl. The van der Waals surface area contributed by atoms with E-state index < -0.39 is 21.6 Å². The van der Waals surface area contributed by atoms with E-state index in [0.29, 0.717) is 5.56 Å². The average Bonchev–Trinajstić information content (AvgIpc) is 3.06. The van der Waals surface area contributed by atoms with Crippen LogP contribution in [-0.2, 0) is 15.6 Å². The van der Waals surface area contributed by atoms with E-state index in [1.54, 1.807) is 18.2 Å². The Balaban J connectivity index is 1.75. The molecule has 0 saturated heterocycles. The third-order valence-electron chi connectivity index (χ3n) is 3.28. The van der Waals surface area contributed by atoms with Crippen molar-refractivity contribution >= 4 is 43.8 Å². The second-order valence-electron chi connectivity index (χ2n) is 5.19. The maximum absolute atomic E-state index is 12.9. The van der Waals surface area contributed by atoms with Crippen LogP contribution in [-0.4, -0.2) is 24.5 Å². The van der Waals surface area contributed by atoms with Crippen molar-refractivity contribution in [2.75, 3.05) is 5.32 Å². The van der Waals surface area contributed by atoms with Crippen molar-refractivity contribution in [1.82, 2.24) is 10.2 Å². The molecule has 0 radical (unpaired) electrons. The molecule has 1 amide bonds. The predicted molar refractivity (Wildman–Crippen MR) is 96.6 cm³/mol. The van der Waals surface area contributed by atoms with Gasteiger partial charge in [0.2, 0.25) is 19.3 Å². The van der Waals surface area contributed by atoms with Gasteiger partial charge in [-0.3, -0.25) is 10.1 Å². The number of anilines is 1. The first kappa shape index (κ1) is 18.4. The number of carbonyl (C=O) groups is 1. The molecule has 0 spiro atoms. The number of rotatable bonds is 5. The zero-order valence-electron chi connectivity index (χ0n) is 13.0. The molecule has 3 aromatic rings. The highest BCUT2D eigenvalue weighted by Gasteiger charge is 2.22. The Hall–Kier alpha value is -2.36. The molecule has 10 heteroatoms. The highest BCUT2D eigenvalue weighted by Crippen LogP contribution is 2.25. The first-order valence-corrected chi connectivity index (χ1v) is 10.1. The van der Waals surface area contributed by atoms with Crippen molar-refractivity contribution in [3.8, 4) is 0 Å². The van der Waals surface area contributed by atoms with Gasteiger partial charge in [0, 0.05) is 0 Å². The number of hydrogen-bond donors (Lipinski definition) is 1. The number of sulfone groups is 1. The molecule has 26 heavy (non-hydrogen) atoms. The molecule has 0 unspecified atom stereocenters. The molecule has 0 aliphatic heterocycles. The van der Waals surface area contributed by atoms with Gasteiger partial charge in [0.15, 0.2) is 0 Å². The van der Waals surface area contributed by atoms with Crippen LogP contribution in [0.15, 0.2) is 52.9 Å². The number of hydrogen-bond acceptors (Lipinski definition) is 6. The fourth-order valence-corrected chi connectivity index (χ4v) is 4.59. The Morgan fingerprint density at radius 2 is 1.81 bits per heavy atom. The summed E-state index contributed by atoms with van der Waals surface area (Å²) in [6.07, 6.45) is 0. The lowest BCUT2D eigenvalue weighted by molar-refractivity contribution is 0.102. The minimum atomic E-state index is -3.77. The number of nitrogens with zero attached hydrogens (tertiary/aromatic N) is 2. The molecule has 0 atom stereocenters. The van der Waals surface area contributed by atoms with Crippen LogP contribution in [0.3, 0.4) is 0 Å². The van der Waals surface area contributed by atoms with Crippen LogP contribution in [0.1, 0.15) is 15.9 Å². The molecule has 0 fully saturated rings. The lowest BCUT2D eigenvalue weighted by atomic mass is 10.2. The summed E-state index contributed by atoms with van der Waals surface area (Å²) in [6, 6.07) is 11.6. The summed E-state index contributed by atoms with van der Waals surface area (Å²) in [5.74, 6) is -1.32. The number of benzene rings is 2. The molecule has 134 valence electrons. The number of amides is 1. The highest BCUT2D eigenvalue weighted by atomic mass is 35.5. The third-order valence-corrected chi connectivity index (χ3v) is 6.58. The second-order valence-corrected chi connectivity index (χ2v) is 8.74. The molecule has 1 aromatic heterocycles. The number of aromatic nitrogens is 2. The Labute approximate surface area is 157 Å². The maximum atomic E-state index is 12.9. The summed E-state index contributed by atoms with van der Waals surface area (Å²) in [7, 11) is -3.77. The van der Waals surface area contributed by atoms with E-state index >= 15 is 0 Å². The van der Waals surface area contributed by atoms with Crippen LogP contribution >= 0.6 is 22.9 Å². The molecule has 1 N–H and O–H groups in total. The summed E-state index contributed by atoms with van der Waals surface area (Å²) in [5, 5.41) is 10.1. The van der Waals surface area contributed by atoms with Crippen molar-refractivity contribution in [1.29, 1.82) is 0 Å².